The highest BCUT2D eigenvalue weighted by molar-refractivity contribution is 7.08. The number of carbonyl (C=O) groups excluding carboxylic acids is 1. The minimum Gasteiger partial charge on any atom is -0.288 e. The van der Waals surface area contributed by atoms with Crippen molar-refractivity contribution < 1.29 is 4.79 Å². The third-order valence-electron chi connectivity index (χ3n) is 2.61. The third kappa shape index (κ3) is 2.58. The maximum atomic E-state index is 12.1. The molecule has 0 amide bonds. The number of rotatable bonds is 4. The van der Waals surface area contributed by atoms with Gasteiger partial charge in [-0.3, -0.25) is 4.79 Å². The molecule has 0 radical (unpaired) electrons. The quantitative estimate of drug-likeness (QED) is 0.779. The number of hydrogen-bond acceptors (Lipinski definition) is 4. The number of nitrogens with zero attached hydrogens (tertiary/aromatic N) is 2. The van der Waals surface area contributed by atoms with E-state index in [1.165, 1.54) is 5.56 Å². The van der Waals surface area contributed by atoms with Crippen molar-refractivity contribution in [2.45, 2.75) is 26.7 Å². The van der Waals surface area contributed by atoms with E-state index in [1.54, 1.807) is 0 Å². The lowest BCUT2D eigenvalue weighted by Gasteiger charge is -2.01. The minimum absolute atomic E-state index is 0.0144. The molecule has 0 unspecified atom stereocenters. The topological polar surface area (TPSA) is 42.9 Å². The van der Waals surface area contributed by atoms with Crippen LogP contribution in [-0.2, 0) is 6.42 Å². The average Bonchev–Trinajstić information content (AvgIpc) is 2.76. The van der Waals surface area contributed by atoms with Crippen LogP contribution in [0.1, 0.15) is 39.8 Å². The molecule has 88 valence electrons. The summed E-state index contributed by atoms with van der Waals surface area (Å²) in [5, 5.41) is 3.86. The molecule has 1 aromatic heterocycles. The zero-order valence-corrected chi connectivity index (χ0v) is 10.8. The van der Waals surface area contributed by atoms with Crippen LogP contribution in [-0.4, -0.2) is 15.4 Å². The molecule has 0 aliphatic heterocycles. The molecule has 0 bridgehead atoms. The van der Waals surface area contributed by atoms with E-state index in [4.69, 9.17) is 0 Å². The van der Waals surface area contributed by atoms with Crippen molar-refractivity contribution in [3.05, 3.63) is 46.0 Å². The number of aromatic nitrogens is 2. The van der Waals surface area contributed by atoms with Crippen LogP contribution in [0.4, 0.5) is 0 Å². The van der Waals surface area contributed by atoms with Gasteiger partial charge in [0.25, 0.3) is 0 Å². The normalized spacial score (nSPS) is 10.5. The summed E-state index contributed by atoms with van der Waals surface area (Å²) in [5.74, 6) is 0.0144. The number of benzene rings is 1. The SMILES string of the molecule is CCCc1ccc(C(=O)c2snnc2C)cc1. The number of ketones is 1. The molecular weight excluding hydrogens is 232 g/mol. The summed E-state index contributed by atoms with van der Waals surface area (Å²) >= 11 is 1.16. The summed E-state index contributed by atoms with van der Waals surface area (Å²) in [7, 11) is 0. The predicted molar refractivity (Wildman–Crippen MR) is 68.5 cm³/mol. The van der Waals surface area contributed by atoms with Crippen LogP contribution >= 0.6 is 11.5 Å². The van der Waals surface area contributed by atoms with E-state index < -0.39 is 0 Å². The summed E-state index contributed by atoms with van der Waals surface area (Å²) in [6.45, 7) is 3.95. The van der Waals surface area contributed by atoms with Gasteiger partial charge in [-0.2, -0.15) is 0 Å². The van der Waals surface area contributed by atoms with E-state index in [9.17, 15) is 4.79 Å². The Bertz CT molecular complexity index is 516. The Kier molecular flexibility index (Phi) is 3.64. The molecule has 0 atom stereocenters. The molecule has 0 fully saturated rings. The Morgan fingerprint density at radius 1 is 1.29 bits per heavy atom. The predicted octanol–water partition coefficient (Wildman–Crippen LogP) is 3.03. The van der Waals surface area contributed by atoms with Gasteiger partial charge in [0, 0.05) is 5.56 Å². The van der Waals surface area contributed by atoms with Crippen molar-refractivity contribution in [2.75, 3.05) is 0 Å². The lowest BCUT2D eigenvalue weighted by Crippen LogP contribution is -2.01. The molecule has 0 N–H and O–H groups in total. The Morgan fingerprint density at radius 2 is 2.00 bits per heavy atom. The van der Waals surface area contributed by atoms with Crippen molar-refractivity contribution in [2.24, 2.45) is 0 Å². The third-order valence-corrected chi connectivity index (χ3v) is 3.44. The highest BCUT2D eigenvalue weighted by Crippen LogP contribution is 2.16. The monoisotopic (exact) mass is 246 g/mol. The molecule has 1 aromatic carbocycles. The summed E-state index contributed by atoms with van der Waals surface area (Å²) < 4.78 is 3.79. The molecule has 17 heavy (non-hydrogen) atoms. The van der Waals surface area contributed by atoms with Crippen LogP contribution in [0.25, 0.3) is 0 Å². The summed E-state index contributed by atoms with van der Waals surface area (Å²) in [5.41, 5.74) is 2.68. The molecule has 0 aliphatic carbocycles. The van der Waals surface area contributed by atoms with Crippen LogP contribution in [0.15, 0.2) is 24.3 Å². The van der Waals surface area contributed by atoms with Gasteiger partial charge in [-0.15, -0.1) is 5.10 Å². The second-order valence-electron chi connectivity index (χ2n) is 3.96. The van der Waals surface area contributed by atoms with E-state index in [1.807, 2.05) is 31.2 Å². The van der Waals surface area contributed by atoms with Crippen molar-refractivity contribution in [1.29, 1.82) is 0 Å². The molecule has 4 heteroatoms. The molecule has 1 heterocycles. The van der Waals surface area contributed by atoms with E-state index in [-0.39, 0.29) is 5.78 Å². The largest absolute Gasteiger partial charge is 0.288 e. The summed E-state index contributed by atoms with van der Waals surface area (Å²) in [6, 6.07) is 7.79. The Morgan fingerprint density at radius 3 is 2.53 bits per heavy atom. The number of carbonyl (C=O) groups is 1. The smallest absolute Gasteiger partial charge is 0.206 e. The molecule has 3 nitrogen and oxygen atoms in total. The van der Waals surface area contributed by atoms with Gasteiger partial charge in [-0.05, 0) is 30.4 Å². The fourth-order valence-electron chi connectivity index (χ4n) is 1.68. The fraction of sp³-hybridized carbons (Fsp3) is 0.308. The Hall–Kier alpha value is -1.55. The maximum Gasteiger partial charge on any atom is 0.206 e. The molecular formula is C13H14N2OS. The second kappa shape index (κ2) is 5.19. The van der Waals surface area contributed by atoms with Gasteiger partial charge in [0.2, 0.25) is 5.78 Å². The van der Waals surface area contributed by atoms with Gasteiger partial charge in [-0.1, -0.05) is 42.1 Å². The first-order chi connectivity index (χ1) is 8.22. The van der Waals surface area contributed by atoms with Crippen LogP contribution in [0.3, 0.4) is 0 Å². The van der Waals surface area contributed by atoms with Gasteiger partial charge >= 0.3 is 0 Å². The number of aryl methyl sites for hydroxylation is 2. The zero-order chi connectivity index (χ0) is 12.3. The summed E-state index contributed by atoms with van der Waals surface area (Å²) in [4.78, 5) is 12.8. The number of hydrogen-bond donors (Lipinski definition) is 0. The summed E-state index contributed by atoms with van der Waals surface area (Å²) in [6.07, 6.45) is 2.17. The highest BCUT2D eigenvalue weighted by Gasteiger charge is 2.14. The maximum absolute atomic E-state index is 12.1. The lowest BCUT2D eigenvalue weighted by atomic mass is 10.0. The molecule has 0 saturated carbocycles. The van der Waals surface area contributed by atoms with E-state index in [2.05, 4.69) is 16.5 Å². The van der Waals surface area contributed by atoms with Crippen LogP contribution in [0.5, 0.6) is 0 Å². The Labute approximate surface area is 105 Å². The van der Waals surface area contributed by atoms with Crippen molar-refractivity contribution in [3.8, 4) is 0 Å². The lowest BCUT2D eigenvalue weighted by molar-refractivity contribution is 0.104. The van der Waals surface area contributed by atoms with E-state index in [0.29, 0.717) is 16.1 Å². The zero-order valence-electron chi connectivity index (χ0n) is 9.93. The van der Waals surface area contributed by atoms with Gasteiger partial charge in [0.15, 0.2) is 0 Å². The van der Waals surface area contributed by atoms with Crippen molar-refractivity contribution in [1.82, 2.24) is 9.59 Å². The van der Waals surface area contributed by atoms with Gasteiger partial charge in [0.05, 0.1) is 5.69 Å². The van der Waals surface area contributed by atoms with Gasteiger partial charge < -0.3 is 0 Å². The molecule has 0 aliphatic rings. The molecule has 2 aromatic rings. The van der Waals surface area contributed by atoms with Crippen LogP contribution < -0.4 is 0 Å². The first-order valence-corrected chi connectivity index (χ1v) is 6.42. The van der Waals surface area contributed by atoms with Crippen molar-refractivity contribution in [3.63, 3.8) is 0 Å². The second-order valence-corrected chi connectivity index (χ2v) is 4.72. The molecule has 0 spiro atoms. The molecule has 0 saturated heterocycles. The van der Waals surface area contributed by atoms with Gasteiger partial charge in [0.1, 0.15) is 4.88 Å². The first-order valence-electron chi connectivity index (χ1n) is 5.65. The van der Waals surface area contributed by atoms with Crippen molar-refractivity contribution >= 4 is 17.3 Å². The van der Waals surface area contributed by atoms with E-state index >= 15 is 0 Å². The van der Waals surface area contributed by atoms with Gasteiger partial charge in [-0.25, -0.2) is 0 Å². The Balaban J connectivity index is 2.23. The van der Waals surface area contributed by atoms with Crippen LogP contribution in [0, 0.1) is 6.92 Å². The molecule has 2 rings (SSSR count). The van der Waals surface area contributed by atoms with Crippen LogP contribution in [0.2, 0.25) is 0 Å². The fourth-order valence-corrected chi connectivity index (χ4v) is 2.30. The first kappa shape index (κ1) is 11.9. The average molecular weight is 246 g/mol. The standard InChI is InChI=1S/C13H14N2OS/c1-3-4-10-5-7-11(8-6-10)12(16)13-9(2)14-15-17-13/h5-8H,3-4H2,1-2H3. The van der Waals surface area contributed by atoms with E-state index in [0.717, 1.165) is 24.4 Å². The minimum atomic E-state index is 0.0144. The highest BCUT2D eigenvalue weighted by atomic mass is 32.1.